The Bertz CT molecular complexity index is 447. The Morgan fingerprint density at radius 3 is 3.05 bits per heavy atom. The molecule has 0 aliphatic carbocycles. The first kappa shape index (κ1) is 13.5. The topological polar surface area (TPSA) is 127 Å². The zero-order chi connectivity index (χ0) is 13.8. The number of nitrogens with one attached hydrogen (secondary N) is 1. The molecule has 1 aromatic rings. The molecule has 5 N–H and O–H groups in total. The molecule has 0 radical (unpaired) electrons. The summed E-state index contributed by atoms with van der Waals surface area (Å²) in [5, 5.41) is 1.32. The highest BCUT2D eigenvalue weighted by Gasteiger charge is 2.33. The second kappa shape index (κ2) is 5.81. The molecule has 1 amide bonds. The van der Waals surface area contributed by atoms with Gasteiger partial charge in [0.05, 0.1) is 6.33 Å². The van der Waals surface area contributed by atoms with Gasteiger partial charge in [0.1, 0.15) is 12.1 Å². The average Bonchev–Trinajstić information content (AvgIpc) is 2.99. The van der Waals surface area contributed by atoms with Gasteiger partial charge in [-0.15, -0.1) is 5.06 Å². The number of aromatic amines is 1. The summed E-state index contributed by atoms with van der Waals surface area (Å²) < 4.78 is 0. The Hall–Kier alpha value is -1.93. The van der Waals surface area contributed by atoms with Gasteiger partial charge in [0.15, 0.2) is 0 Å². The fourth-order valence-electron chi connectivity index (χ4n) is 2.03. The molecule has 8 heteroatoms. The average molecular weight is 267 g/mol. The molecule has 0 unspecified atom stereocenters. The Morgan fingerprint density at radius 1 is 1.63 bits per heavy atom. The van der Waals surface area contributed by atoms with Crippen molar-refractivity contribution < 1.29 is 14.4 Å². The number of amides is 1. The van der Waals surface area contributed by atoms with Crippen LogP contribution in [0.25, 0.3) is 0 Å². The van der Waals surface area contributed by atoms with Crippen molar-refractivity contribution in [3.8, 4) is 0 Å². The summed E-state index contributed by atoms with van der Waals surface area (Å²) in [4.78, 5) is 34.8. The van der Waals surface area contributed by atoms with E-state index in [9.17, 15) is 9.59 Å². The van der Waals surface area contributed by atoms with E-state index < -0.39 is 24.0 Å². The maximum Gasteiger partial charge on any atom is 0.342 e. The van der Waals surface area contributed by atoms with E-state index in [0.29, 0.717) is 19.4 Å². The van der Waals surface area contributed by atoms with Crippen molar-refractivity contribution in [1.29, 1.82) is 0 Å². The number of hydroxylamine groups is 2. The van der Waals surface area contributed by atoms with Gasteiger partial charge in [0, 0.05) is 24.9 Å². The minimum atomic E-state index is -0.811. The molecule has 1 aliphatic rings. The van der Waals surface area contributed by atoms with Gasteiger partial charge in [-0.3, -0.25) is 4.79 Å². The molecule has 2 rings (SSSR count). The van der Waals surface area contributed by atoms with Crippen LogP contribution >= 0.6 is 0 Å². The smallest absolute Gasteiger partial charge is 0.342 e. The molecule has 1 fully saturated rings. The first-order valence-corrected chi connectivity index (χ1v) is 6.08. The van der Waals surface area contributed by atoms with Crippen molar-refractivity contribution in [2.75, 3.05) is 6.54 Å². The quantitative estimate of drug-likeness (QED) is 0.607. The predicted octanol–water partition coefficient (Wildman–Crippen LogP) is -1.31. The van der Waals surface area contributed by atoms with Gasteiger partial charge in [0.2, 0.25) is 5.91 Å². The van der Waals surface area contributed by atoms with Crippen molar-refractivity contribution >= 4 is 11.9 Å². The zero-order valence-electron chi connectivity index (χ0n) is 10.4. The zero-order valence-corrected chi connectivity index (χ0v) is 10.4. The van der Waals surface area contributed by atoms with Crippen molar-refractivity contribution in [3.63, 3.8) is 0 Å². The highest BCUT2D eigenvalue weighted by Crippen LogP contribution is 2.17. The Labute approximate surface area is 110 Å². The molecule has 1 saturated heterocycles. The highest BCUT2D eigenvalue weighted by atomic mass is 16.7. The highest BCUT2D eigenvalue weighted by molar-refractivity contribution is 5.80. The second-order valence-electron chi connectivity index (χ2n) is 4.50. The van der Waals surface area contributed by atoms with Crippen LogP contribution in [-0.4, -0.2) is 45.5 Å². The number of nitrogens with two attached hydrogens (primary N) is 2. The summed E-state index contributed by atoms with van der Waals surface area (Å²) in [7, 11) is 0. The lowest BCUT2D eigenvalue weighted by Gasteiger charge is -2.22. The number of H-pyrrole nitrogens is 1. The number of hydrogen-bond donors (Lipinski definition) is 3. The molecule has 1 aliphatic heterocycles. The molecule has 0 aromatic carbocycles. The van der Waals surface area contributed by atoms with E-state index in [-0.39, 0.29) is 0 Å². The molecule has 0 spiro atoms. The third-order valence-electron chi connectivity index (χ3n) is 3.04. The SMILES string of the molecule is NC(=O)[C@@H]1CCCN1OC(=O)[C@@H](N)Cc1cnc[nH]1. The minimum absolute atomic E-state index is 0.300. The fraction of sp³-hybridized carbons (Fsp3) is 0.545. The van der Waals surface area contributed by atoms with Gasteiger partial charge in [-0.2, -0.15) is 0 Å². The summed E-state index contributed by atoms with van der Waals surface area (Å²) in [6, 6.07) is -1.36. The van der Waals surface area contributed by atoms with E-state index in [1.54, 1.807) is 6.20 Å². The molecule has 19 heavy (non-hydrogen) atoms. The molecule has 2 atom stereocenters. The summed E-state index contributed by atoms with van der Waals surface area (Å²) >= 11 is 0. The van der Waals surface area contributed by atoms with Crippen LogP contribution in [0.3, 0.4) is 0 Å². The van der Waals surface area contributed by atoms with Crippen LogP contribution in [0.15, 0.2) is 12.5 Å². The number of hydrogen-bond acceptors (Lipinski definition) is 6. The number of rotatable bonds is 5. The van der Waals surface area contributed by atoms with Crippen LogP contribution in [-0.2, 0) is 20.8 Å². The molecule has 0 bridgehead atoms. The maximum atomic E-state index is 11.8. The first-order chi connectivity index (χ1) is 9.08. The van der Waals surface area contributed by atoms with Crippen LogP contribution in [0.5, 0.6) is 0 Å². The van der Waals surface area contributed by atoms with Gasteiger partial charge in [-0.25, -0.2) is 9.78 Å². The van der Waals surface area contributed by atoms with E-state index in [1.807, 2.05) is 0 Å². The number of primary amides is 1. The van der Waals surface area contributed by atoms with Crippen molar-refractivity contribution in [3.05, 3.63) is 18.2 Å². The van der Waals surface area contributed by atoms with Crippen molar-refractivity contribution in [1.82, 2.24) is 15.0 Å². The number of carbonyl (C=O) groups excluding carboxylic acids is 2. The van der Waals surface area contributed by atoms with Gasteiger partial charge in [0.25, 0.3) is 0 Å². The van der Waals surface area contributed by atoms with E-state index in [0.717, 1.165) is 12.1 Å². The number of carbonyl (C=O) groups is 2. The van der Waals surface area contributed by atoms with Crippen molar-refractivity contribution in [2.45, 2.75) is 31.3 Å². The molecule has 1 aromatic heterocycles. The van der Waals surface area contributed by atoms with Crippen LogP contribution in [0.1, 0.15) is 18.5 Å². The van der Waals surface area contributed by atoms with E-state index in [4.69, 9.17) is 16.3 Å². The number of aromatic nitrogens is 2. The Balaban J connectivity index is 1.88. The third-order valence-corrected chi connectivity index (χ3v) is 3.04. The van der Waals surface area contributed by atoms with E-state index in [2.05, 4.69) is 9.97 Å². The molecule has 2 heterocycles. The Kier molecular flexibility index (Phi) is 4.13. The standard InChI is InChI=1S/C11H17N5O3/c12-8(4-7-5-14-6-15-7)11(18)19-16-3-1-2-9(16)10(13)17/h5-6,8-9H,1-4,12H2,(H2,13,17)(H,14,15)/t8-,9-/m0/s1. The lowest BCUT2D eigenvalue weighted by Crippen LogP contribution is -2.45. The monoisotopic (exact) mass is 267 g/mol. The van der Waals surface area contributed by atoms with Crippen molar-refractivity contribution in [2.24, 2.45) is 11.5 Å². The van der Waals surface area contributed by atoms with Crippen LogP contribution in [0.4, 0.5) is 0 Å². The van der Waals surface area contributed by atoms with Crippen LogP contribution in [0, 0.1) is 0 Å². The van der Waals surface area contributed by atoms with Gasteiger partial charge < -0.3 is 21.3 Å². The summed E-state index contributed by atoms with van der Waals surface area (Å²) in [6.07, 6.45) is 4.76. The molecule has 104 valence electrons. The first-order valence-electron chi connectivity index (χ1n) is 6.08. The number of imidazole rings is 1. The largest absolute Gasteiger partial charge is 0.368 e. The minimum Gasteiger partial charge on any atom is -0.368 e. The van der Waals surface area contributed by atoms with Gasteiger partial charge >= 0.3 is 5.97 Å². The maximum absolute atomic E-state index is 11.8. The molecule has 0 saturated carbocycles. The fourth-order valence-corrected chi connectivity index (χ4v) is 2.03. The normalized spacial score (nSPS) is 21.2. The molecular weight excluding hydrogens is 250 g/mol. The Morgan fingerprint density at radius 2 is 2.42 bits per heavy atom. The predicted molar refractivity (Wildman–Crippen MR) is 65.3 cm³/mol. The second-order valence-corrected chi connectivity index (χ2v) is 4.50. The van der Waals surface area contributed by atoms with E-state index >= 15 is 0 Å². The summed E-state index contributed by atoms with van der Waals surface area (Å²) in [6.45, 7) is 0.496. The summed E-state index contributed by atoms with van der Waals surface area (Å²) in [5.41, 5.74) is 11.7. The summed E-state index contributed by atoms with van der Waals surface area (Å²) in [5.74, 6) is -1.07. The van der Waals surface area contributed by atoms with Gasteiger partial charge in [-0.05, 0) is 12.8 Å². The number of nitrogens with zero attached hydrogens (tertiary/aromatic N) is 2. The van der Waals surface area contributed by atoms with Crippen LogP contribution < -0.4 is 11.5 Å². The lowest BCUT2D eigenvalue weighted by molar-refractivity contribution is -0.196. The molecule has 8 nitrogen and oxygen atoms in total. The van der Waals surface area contributed by atoms with Crippen LogP contribution in [0.2, 0.25) is 0 Å². The van der Waals surface area contributed by atoms with E-state index in [1.165, 1.54) is 11.4 Å². The lowest BCUT2D eigenvalue weighted by atomic mass is 10.2. The molecular formula is C11H17N5O3. The van der Waals surface area contributed by atoms with Gasteiger partial charge in [-0.1, -0.05) is 0 Å². The third kappa shape index (κ3) is 3.30.